The summed E-state index contributed by atoms with van der Waals surface area (Å²) in [5.74, 6) is 0.475. The number of nitrogens with zero attached hydrogens (tertiary/aromatic N) is 5. The summed E-state index contributed by atoms with van der Waals surface area (Å²) >= 11 is 0. The van der Waals surface area contributed by atoms with Crippen molar-refractivity contribution in [3.63, 3.8) is 0 Å². The number of hydrogen-bond acceptors (Lipinski definition) is 7. The largest absolute Gasteiger partial charge is 0.375 e. The number of methoxy groups -OCH3 is 1. The van der Waals surface area contributed by atoms with Gasteiger partial charge in [-0.1, -0.05) is 5.16 Å². The third-order valence-electron chi connectivity index (χ3n) is 4.33. The van der Waals surface area contributed by atoms with Crippen LogP contribution in [-0.4, -0.2) is 69.5 Å². The van der Waals surface area contributed by atoms with Gasteiger partial charge in [-0.05, 0) is 13.3 Å². The topological polar surface area (TPSA) is 115 Å². The predicted octanol–water partition coefficient (Wildman–Crippen LogP) is -0.128. The highest BCUT2D eigenvalue weighted by molar-refractivity contribution is 5.93. The molecule has 2 amide bonds. The van der Waals surface area contributed by atoms with Crippen LogP contribution in [0.3, 0.4) is 0 Å². The van der Waals surface area contributed by atoms with Crippen LogP contribution < -0.4 is 5.32 Å². The molecule has 3 heterocycles. The first-order chi connectivity index (χ1) is 12.5. The zero-order chi connectivity index (χ0) is 18.7. The highest BCUT2D eigenvalue weighted by Crippen LogP contribution is 2.28. The molecule has 3 rings (SSSR count). The number of ether oxygens (including phenoxy) is 1. The first-order valence-corrected chi connectivity index (χ1v) is 8.34. The molecule has 2 aromatic rings. The second kappa shape index (κ2) is 7.65. The molecule has 0 radical (unpaired) electrons. The number of aryl methyl sites for hydroxylation is 2. The van der Waals surface area contributed by atoms with Gasteiger partial charge in [-0.25, -0.2) is 0 Å². The van der Waals surface area contributed by atoms with Crippen molar-refractivity contribution in [3.8, 4) is 0 Å². The van der Waals surface area contributed by atoms with Crippen molar-refractivity contribution in [1.29, 1.82) is 0 Å². The molecule has 10 nitrogen and oxygen atoms in total. The van der Waals surface area contributed by atoms with Gasteiger partial charge in [0.05, 0.1) is 23.7 Å². The first kappa shape index (κ1) is 18.1. The van der Waals surface area contributed by atoms with E-state index in [-0.39, 0.29) is 30.4 Å². The number of likely N-dealkylation sites (tertiary alicyclic amines) is 1. The van der Waals surface area contributed by atoms with E-state index in [2.05, 4.69) is 20.6 Å². The van der Waals surface area contributed by atoms with E-state index in [1.165, 1.54) is 13.3 Å². The second-order valence-electron chi connectivity index (χ2n) is 6.34. The maximum Gasteiger partial charge on any atom is 0.257 e. The molecule has 1 fully saturated rings. The molecule has 0 aromatic carbocycles. The molecule has 1 aliphatic heterocycles. The average Bonchev–Trinajstić information content (AvgIpc) is 3.23. The fourth-order valence-corrected chi connectivity index (χ4v) is 3.14. The van der Waals surface area contributed by atoms with Crippen LogP contribution in [0.2, 0.25) is 0 Å². The number of amides is 2. The number of rotatable bonds is 5. The molecule has 26 heavy (non-hydrogen) atoms. The summed E-state index contributed by atoms with van der Waals surface area (Å²) < 4.78 is 11.8. The fraction of sp³-hybridized carbons (Fsp3) is 0.562. The lowest BCUT2D eigenvalue weighted by Gasteiger charge is -2.37. The minimum atomic E-state index is -0.341. The Morgan fingerprint density at radius 2 is 2.27 bits per heavy atom. The molecular weight excluding hydrogens is 340 g/mol. The minimum Gasteiger partial charge on any atom is -0.375 e. The third kappa shape index (κ3) is 3.90. The lowest BCUT2D eigenvalue weighted by Crippen LogP contribution is -2.53. The van der Waals surface area contributed by atoms with Crippen molar-refractivity contribution in [2.24, 2.45) is 7.05 Å². The summed E-state index contributed by atoms with van der Waals surface area (Å²) in [6.45, 7) is 2.56. The Balaban J connectivity index is 1.77. The maximum absolute atomic E-state index is 12.7. The quantitative estimate of drug-likeness (QED) is 0.788. The van der Waals surface area contributed by atoms with Gasteiger partial charge in [-0.2, -0.15) is 10.1 Å². The Kier molecular flexibility index (Phi) is 5.31. The van der Waals surface area contributed by atoms with Crippen LogP contribution in [-0.2, 0) is 16.6 Å². The van der Waals surface area contributed by atoms with Crippen molar-refractivity contribution >= 4 is 11.8 Å². The fourth-order valence-electron chi connectivity index (χ4n) is 3.14. The van der Waals surface area contributed by atoms with E-state index < -0.39 is 0 Å². The Hall–Kier alpha value is -2.75. The number of carbonyl (C=O) groups is 2. The van der Waals surface area contributed by atoms with Crippen LogP contribution in [0.5, 0.6) is 0 Å². The highest BCUT2D eigenvalue weighted by Gasteiger charge is 2.37. The van der Waals surface area contributed by atoms with Gasteiger partial charge < -0.3 is 19.5 Å². The molecule has 1 aliphatic rings. The molecule has 0 bridgehead atoms. The summed E-state index contributed by atoms with van der Waals surface area (Å²) in [7, 11) is 3.21. The van der Waals surface area contributed by atoms with E-state index in [4.69, 9.17) is 9.26 Å². The molecular formula is C16H22N6O4. The van der Waals surface area contributed by atoms with Crippen molar-refractivity contribution in [2.45, 2.75) is 25.3 Å². The molecule has 2 atom stereocenters. The summed E-state index contributed by atoms with van der Waals surface area (Å²) in [6, 6.07) is -0.341. The van der Waals surface area contributed by atoms with Crippen molar-refractivity contribution in [3.05, 3.63) is 29.7 Å². The molecule has 2 aromatic heterocycles. The van der Waals surface area contributed by atoms with Crippen LogP contribution >= 0.6 is 0 Å². The first-order valence-electron chi connectivity index (χ1n) is 8.34. The molecule has 0 unspecified atom stereocenters. The molecule has 10 heteroatoms. The Labute approximate surface area is 150 Å². The van der Waals surface area contributed by atoms with Crippen molar-refractivity contribution in [2.75, 3.05) is 26.8 Å². The predicted molar refractivity (Wildman–Crippen MR) is 89.3 cm³/mol. The maximum atomic E-state index is 12.7. The van der Waals surface area contributed by atoms with Crippen LogP contribution in [0.25, 0.3) is 0 Å². The Morgan fingerprint density at radius 1 is 1.46 bits per heavy atom. The number of carbonyl (C=O) groups excluding carboxylic acids is 2. The van der Waals surface area contributed by atoms with Crippen molar-refractivity contribution in [1.82, 2.24) is 30.1 Å². The molecule has 0 spiro atoms. The summed E-state index contributed by atoms with van der Waals surface area (Å²) in [6.07, 6.45) is 3.81. The van der Waals surface area contributed by atoms with E-state index in [9.17, 15) is 9.59 Å². The summed E-state index contributed by atoms with van der Waals surface area (Å²) in [4.78, 5) is 30.7. The average molecular weight is 362 g/mol. The molecule has 1 saturated heterocycles. The monoisotopic (exact) mass is 362 g/mol. The molecule has 0 aliphatic carbocycles. The standard InChI is InChI=1S/C16H22N6O4/c1-10-18-15(26-20-10)12-4-5-22(8-13(12)19-14(23)9-25-3)16(24)11-6-17-21(2)7-11/h6-7,12-13H,4-5,8-9H2,1-3H3,(H,19,23)/t12-,13+/m0/s1. The van der Waals surface area contributed by atoms with E-state index >= 15 is 0 Å². The van der Waals surface area contributed by atoms with Crippen molar-refractivity contribution < 1.29 is 18.8 Å². The van der Waals surface area contributed by atoms with Gasteiger partial charge in [-0.15, -0.1) is 0 Å². The normalized spacial score (nSPS) is 20.2. The van der Waals surface area contributed by atoms with Gasteiger partial charge in [0.2, 0.25) is 11.8 Å². The highest BCUT2D eigenvalue weighted by atomic mass is 16.5. The Bertz CT molecular complexity index is 785. The van der Waals surface area contributed by atoms with Gasteiger partial charge in [0.25, 0.3) is 5.91 Å². The minimum absolute atomic E-state index is 0.0529. The zero-order valence-corrected chi connectivity index (χ0v) is 15.0. The second-order valence-corrected chi connectivity index (χ2v) is 6.34. The molecule has 0 saturated carbocycles. The van der Waals surface area contributed by atoms with Crippen LogP contribution in [0.15, 0.2) is 16.9 Å². The van der Waals surface area contributed by atoms with Gasteiger partial charge >= 0.3 is 0 Å². The summed E-state index contributed by atoms with van der Waals surface area (Å²) in [5.41, 5.74) is 0.515. The van der Waals surface area contributed by atoms with E-state index in [1.54, 1.807) is 29.7 Å². The van der Waals surface area contributed by atoms with Crippen LogP contribution in [0.4, 0.5) is 0 Å². The van der Waals surface area contributed by atoms with Gasteiger partial charge in [-0.3, -0.25) is 14.3 Å². The number of nitrogens with one attached hydrogen (secondary N) is 1. The van der Waals surface area contributed by atoms with Gasteiger partial charge in [0, 0.05) is 33.4 Å². The van der Waals surface area contributed by atoms with E-state index in [1.807, 2.05) is 0 Å². The van der Waals surface area contributed by atoms with E-state index in [0.717, 1.165) is 0 Å². The summed E-state index contributed by atoms with van der Waals surface area (Å²) in [5, 5.41) is 10.8. The molecule has 1 N–H and O–H groups in total. The lowest BCUT2D eigenvalue weighted by molar-refractivity contribution is -0.126. The van der Waals surface area contributed by atoms with Crippen LogP contribution in [0, 0.1) is 6.92 Å². The zero-order valence-electron chi connectivity index (χ0n) is 15.0. The third-order valence-corrected chi connectivity index (χ3v) is 4.33. The Morgan fingerprint density at radius 3 is 2.88 bits per heavy atom. The van der Waals surface area contributed by atoms with E-state index in [0.29, 0.717) is 36.8 Å². The smallest absolute Gasteiger partial charge is 0.257 e. The lowest BCUT2D eigenvalue weighted by atomic mass is 9.91. The number of hydrogen-bond donors (Lipinski definition) is 1. The number of aromatic nitrogens is 4. The van der Waals surface area contributed by atoms with Crippen LogP contribution in [0.1, 0.15) is 34.4 Å². The van der Waals surface area contributed by atoms with Gasteiger partial charge in [0.15, 0.2) is 5.82 Å². The number of piperidine rings is 1. The molecule has 140 valence electrons. The SMILES string of the molecule is COCC(=O)N[C@@H]1CN(C(=O)c2cnn(C)c2)CC[C@@H]1c1nc(C)no1. The van der Waals surface area contributed by atoms with Gasteiger partial charge in [0.1, 0.15) is 6.61 Å².